The number of benzene rings is 3. The van der Waals surface area contributed by atoms with Gasteiger partial charge in [0.05, 0.1) is 11.1 Å². The van der Waals surface area contributed by atoms with Crippen LogP contribution in [-0.4, -0.2) is 20.6 Å². The zero-order chi connectivity index (χ0) is 19.0. The molecule has 1 heterocycles. The summed E-state index contributed by atoms with van der Waals surface area (Å²) in [5, 5.41) is 9.39. The standard InChI is InChI=1S/C22H18N2O2S/c1-14-23-21-19(7-4-8-20(21)27)24(14)13-15-9-11-16(12-10-15)17-5-2-3-6-18(17)22(25)26/h2-12,27H,13H2,1H3,(H,25,26). The van der Waals surface area contributed by atoms with Crippen molar-refractivity contribution in [1.29, 1.82) is 0 Å². The summed E-state index contributed by atoms with van der Waals surface area (Å²) in [4.78, 5) is 16.9. The number of aryl methyl sites for hydroxylation is 1. The molecule has 5 heteroatoms. The second kappa shape index (κ2) is 6.93. The molecule has 0 radical (unpaired) electrons. The largest absolute Gasteiger partial charge is 0.478 e. The summed E-state index contributed by atoms with van der Waals surface area (Å²) in [6.45, 7) is 2.69. The molecule has 0 aliphatic carbocycles. The topological polar surface area (TPSA) is 55.1 Å². The van der Waals surface area contributed by atoms with Crippen molar-refractivity contribution < 1.29 is 9.90 Å². The number of nitrogens with zero attached hydrogens (tertiary/aromatic N) is 2. The minimum absolute atomic E-state index is 0.308. The molecule has 4 aromatic rings. The number of hydrogen-bond donors (Lipinski definition) is 2. The third-order valence-electron chi connectivity index (χ3n) is 4.71. The maximum absolute atomic E-state index is 11.4. The minimum Gasteiger partial charge on any atom is -0.478 e. The van der Waals surface area contributed by atoms with Crippen molar-refractivity contribution in [2.24, 2.45) is 0 Å². The second-order valence-electron chi connectivity index (χ2n) is 6.44. The first-order valence-corrected chi connectivity index (χ1v) is 9.06. The normalized spacial score (nSPS) is 11.0. The SMILES string of the molecule is Cc1nc2c(S)cccc2n1Cc1ccc(-c2ccccc2C(=O)O)cc1. The lowest BCUT2D eigenvalue weighted by Crippen LogP contribution is -2.02. The van der Waals surface area contributed by atoms with E-state index in [2.05, 4.69) is 22.2 Å². The van der Waals surface area contributed by atoms with Gasteiger partial charge in [-0.1, -0.05) is 48.5 Å². The summed E-state index contributed by atoms with van der Waals surface area (Å²) in [5.41, 5.74) is 5.01. The van der Waals surface area contributed by atoms with Crippen LogP contribution < -0.4 is 0 Å². The highest BCUT2D eigenvalue weighted by atomic mass is 32.1. The minimum atomic E-state index is -0.919. The van der Waals surface area contributed by atoms with E-state index in [1.807, 2.05) is 61.5 Å². The van der Waals surface area contributed by atoms with Crippen LogP contribution in [0, 0.1) is 6.92 Å². The van der Waals surface area contributed by atoms with E-state index >= 15 is 0 Å². The molecule has 1 aromatic heterocycles. The molecule has 0 aliphatic rings. The molecule has 0 saturated heterocycles. The number of para-hydroxylation sites is 1. The number of carboxylic acids is 1. The molecule has 0 fully saturated rings. The van der Waals surface area contributed by atoms with E-state index in [9.17, 15) is 9.90 Å². The molecule has 0 unspecified atom stereocenters. The Labute approximate surface area is 162 Å². The van der Waals surface area contributed by atoms with Gasteiger partial charge in [-0.05, 0) is 41.8 Å². The van der Waals surface area contributed by atoms with Gasteiger partial charge in [0.25, 0.3) is 0 Å². The van der Waals surface area contributed by atoms with Crippen LogP contribution in [0.15, 0.2) is 71.6 Å². The van der Waals surface area contributed by atoms with Crippen molar-refractivity contribution in [3.63, 3.8) is 0 Å². The van der Waals surface area contributed by atoms with E-state index in [4.69, 9.17) is 0 Å². The molecular weight excluding hydrogens is 356 g/mol. The molecular formula is C22H18N2O2S. The summed E-state index contributed by atoms with van der Waals surface area (Å²) < 4.78 is 2.16. The molecule has 0 amide bonds. The number of thiol groups is 1. The van der Waals surface area contributed by atoms with E-state index in [1.54, 1.807) is 12.1 Å². The molecule has 0 bridgehead atoms. The number of rotatable bonds is 4. The van der Waals surface area contributed by atoms with E-state index in [-0.39, 0.29) is 0 Å². The molecule has 0 atom stereocenters. The Kier molecular flexibility index (Phi) is 4.46. The van der Waals surface area contributed by atoms with E-state index < -0.39 is 5.97 Å². The van der Waals surface area contributed by atoms with E-state index in [0.717, 1.165) is 38.4 Å². The lowest BCUT2D eigenvalue weighted by Gasteiger charge is -2.10. The van der Waals surface area contributed by atoms with Crippen molar-refractivity contribution in [2.45, 2.75) is 18.4 Å². The first-order chi connectivity index (χ1) is 13.0. The van der Waals surface area contributed by atoms with Crippen LogP contribution >= 0.6 is 12.6 Å². The lowest BCUT2D eigenvalue weighted by molar-refractivity contribution is 0.0697. The molecule has 0 saturated carbocycles. The number of fused-ring (bicyclic) bond motifs is 1. The quantitative estimate of drug-likeness (QED) is 0.492. The number of imidazole rings is 1. The fourth-order valence-electron chi connectivity index (χ4n) is 3.34. The van der Waals surface area contributed by atoms with Gasteiger partial charge in [-0.2, -0.15) is 0 Å². The lowest BCUT2D eigenvalue weighted by atomic mass is 9.99. The van der Waals surface area contributed by atoms with Gasteiger partial charge in [0.2, 0.25) is 0 Å². The number of hydrogen-bond acceptors (Lipinski definition) is 3. The number of carbonyl (C=O) groups is 1. The smallest absolute Gasteiger partial charge is 0.336 e. The van der Waals surface area contributed by atoms with Gasteiger partial charge in [0.1, 0.15) is 11.3 Å². The highest BCUT2D eigenvalue weighted by molar-refractivity contribution is 7.80. The van der Waals surface area contributed by atoms with Crippen LogP contribution in [0.2, 0.25) is 0 Å². The van der Waals surface area contributed by atoms with Crippen LogP contribution in [-0.2, 0) is 6.54 Å². The van der Waals surface area contributed by atoms with Crippen molar-refractivity contribution in [3.8, 4) is 11.1 Å². The molecule has 27 heavy (non-hydrogen) atoms. The molecule has 0 aliphatic heterocycles. The van der Waals surface area contributed by atoms with Crippen molar-refractivity contribution in [1.82, 2.24) is 9.55 Å². The summed E-state index contributed by atoms with van der Waals surface area (Å²) in [7, 11) is 0. The Morgan fingerprint density at radius 2 is 1.78 bits per heavy atom. The monoisotopic (exact) mass is 374 g/mol. The molecule has 4 rings (SSSR count). The van der Waals surface area contributed by atoms with Gasteiger partial charge in [-0.3, -0.25) is 0 Å². The average molecular weight is 374 g/mol. The fraction of sp³-hybridized carbons (Fsp3) is 0.0909. The molecule has 0 spiro atoms. The van der Waals surface area contributed by atoms with Gasteiger partial charge in [-0.25, -0.2) is 9.78 Å². The predicted octanol–water partition coefficient (Wildman–Crippen LogP) is 5.05. The summed E-state index contributed by atoms with van der Waals surface area (Å²) >= 11 is 4.49. The van der Waals surface area contributed by atoms with Crippen LogP contribution in [0.3, 0.4) is 0 Å². The van der Waals surface area contributed by atoms with Gasteiger partial charge < -0.3 is 9.67 Å². The first-order valence-electron chi connectivity index (χ1n) is 8.61. The van der Waals surface area contributed by atoms with Crippen LogP contribution in [0.25, 0.3) is 22.2 Å². The maximum Gasteiger partial charge on any atom is 0.336 e. The highest BCUT2D eigenvalue weighted by Gasteiger charge is 2.12. The zero-order valence-corrected chi connectivity index (χ0v) is 15.6. The van der Waals surface area contributed by atoms with Crippen LogP contribution in [0.5, 0.6) is 0 Å². The van der Waals surface area contributed by atoms with Crippen molar-refractivity contribution >= 4 is 29.6 Å². The summed E-state index contributed by atoms with van der Waals surface area (Å²) in [5.74, 6) is 0.0181. The third kappa shape index (κ3) is 3.22. The Hall–Kier alpha value is -3.05. The zero-order valence-electron chi connectivity index (χ0n) is 14.8. The van der Waals surface area contributed by atoms with Crippen LogP contribution in [0.1, 0.15) is 21.7 Å². The Morgan fingerprint density at radius 1 is 1.04 bits per heavy atom. The van der Waals surface area contributed by atoms with Crippen molar-refractivity contribution in [2.75, 3.05) is 0 Å². The summed E-state index contributed by atoms with van der Waals surface area (Å²) in [6.07, 6.45) is 0. The Morgan fingerprint density at radius 3 is 2.52 bits per heavy atom. The van der Waals surface area contributed by atoms with E-state index in [1.165, 1.54) is 0 Å². The third-order valence-corrected chi connectivity index (χ3v) is 5.07. The molecule has 3 aromatic carbocycles. The first kappa shape index (κ1) is 17.4. The fourth-order valence-corrected chi connectivity index (χ4v) is 3.59. The number of aromatic nitrogens is 2. The van der Waals surface area contributed by atoms with E-state index in [0.29, 0.717) is 12.1 Å². The van der Waals surface area contributed by atoms with Crippen molar-refractivity contribution in [3.05, 3.63) is 83.7 Å². The molecule has 134 valence electrons. The molecule has 1 N–H and O–H groups in total. The second-order valence-corrected chi connectivity index (χ2v) is 6.92. The highest BCUT2D eigenvalue weighted by Crippen LogP contribution is 2.26. The summed E-state index contributed by atoms with van der Waals surface area (Å²) in [6, 6.07) is 21.0. The Bertz CT molecular complexity index is 1150. The average Bonchev–Trinajstić information content (AvgIpc) is 2.99. The molecule has 4 nitrogen and oxygen atoms in total. The van der Waals surface area contributed by atoms with Gasteiger partial charge in [0.15, 0.2) is 0 Å². The number of aromatic carboxylic acids is 1. The van der Waals surface area contributed by atoms with Crippen LogP contribution in [0.4, 0.5) is 0 Å². The van der Waals surface area contributed by atoms with Gasteiger partial charge in [0, 0.05) is 11.4 Å². The Balaban J connectivity index is 1.68. The predicted molar refractivity (Wildman–Crippen MR) is 110 cm³/mol. The maximum atomic E-state index is 11.4. The number of carboxylic acid groups (broad SMARTS) is 1. The van der Waals surface area contributed by atoms with Gasteiger partial charge in [-0.15, -0.1) is 12.6 Å². The van der Waals surface area contributed by atoms with Gasteiger partial charge >= 0.3 is 5.97 Å².